The van der Waals surface area contributed by atoms with E-state index in [0.717, 1.165) is 0 Å². The van der Waals surface area contributed by atoms with Gasteiger partial charge in [-0.1, -0.05) is 22.4 Å². The number of alkyl halides is 3. The zero-order chi connectivity index (χ0) is 18.0. The van der Waals surface area contributed by atoms with Gasteiger partial charge in [-0.3, -0.25) is 4.79 Å². The van der Waals surface area contributed by atoms with E-state index in [-0.39, 0.29) is 18.3 Å². The van der Waals surface area contributed by atoms with Crippen molar-refractivity contribution in [2.45, 2.75) is 19.6 Å². The Kier molecular flexibility index (Phi) is 4.26. The van der Waals surface area contributed by atoms with E-state index in [2.05, 4.69) is 25.1 Å². The number of halogens is 3. The van der Waals surface area contributed by atoms with E-state index in [1.54, 1.807) is 13.0 Å². The molecule has 2 heterocycles. The van der Waals surface area contributed by atoms with Crippen LogP contribution in [0.2, 0.25) is 0 Å². The van der Waals surface area contributed by atoms with Gasteiger partial charge in [0, 0.05) is 17.2 Å². The smallest absolute Gasteiger partial charge is 0.359 e. The number of benzene rings is 1. The zero-order valence-electron chi connectivity index (χ0n) is 12.8. The number of aromatic nitrogens is 3. The van der Waals surface area contributed by atoms with Crippen molar-refractivity contribution in [2.75, 3.05) is 0 Å². The third-order valence-corrected chi connectivity index (χ3v) is 3.17. The Morgan fingerprint density at radius 2 is 1.88 bits per heavy atom. The Hall–Kier alpha value is -3.17. The van der Waals surface area contributed by atoms with Gasteiger partial charge >= 0.3 is 12.1 Å². The van der Waals surface area contributed by atoms with Gasteiger partial charge in [0.05, 0.1) is 12.2 Å². The molecule has 0 bridgehead atoms. The second-order valence-electron chi connectivity index (χ2n) is 5.12. The Labute approximate surface area is 138 Å². The maximum absolute atomic E-state index is 12.5. The van der Waals surface area contributed by atoms with Gasteiger partial charge in [-0.05, 0) is 19.1 Å². The number of amides is 1. The Morgan fingerprint density at radius 3 is 2.44 bits per heavy atom. The normalized spacial score (nSPS) is 11.5. The average molecular weight is 352 g/mol. The van der Waals surface area contributed by atoms with Crippen LogP contribution >= 0.6 is 0 Å². The van der Waals surface area contributed by atoms with Gasteiger partial charge in [-0.25, -0.2) is 0 Å². The molecule has 0 aliphatic heterocycles. The van der Waals surface area contributed by atoms with E-state index in [9.17, 15) is 18.0 Å². The summed E-state index contributed by atoms with van der Waals surface area (Å²) in [6, 6.07) is 7.44. The monoisotopic (exact) mass is 352 g/mol. The molecule has 3 rings (SSSR count). The van der Waals surface area contributed by atoms with Crippen molar-refractivity contribution in [3.63, 3.8) is 0 Å². The first-order valence-corrected chi connectivity index (χ1v) is 7.04. The second kappa shape index (κ2) is 6.38. The van der Waals surface area contributed by atoms with E-state index in [1.165, 1.54) is 24.3 Å². The molecule has 0 saturated heterocycles. The molecule has 0 atom stereocenters. The first-order chi connectivity index (χ1) is 11.8. The molecule has 3 aromatic rings. The van der Waals surface area contributed by atoms with Crippen molar-refractivity contribution in [3.8, 4) is 11.4 Å². The van der Waals surface area contributed by atoms with Crippen LogP contribution in [0.4, 0.5) is 13.2 Å². The van der Waals surface area contributed by atoms with Gasteiger partial charge in [0.1, 0.15) is 0 Å². The van der Waals surface area contributed by atoms with Crippen LogP contribution in [-0.2, 0) is 12.7 Å². The van der Waals surface area contributed by atoms with Gasteiger partial charge in [-0.15, -0.1) is 0 Å². The maximum atomic E-state index is 12.5. The lowest BCUT2D eigenvalue weighted by atomic mass is 10.1. The summed E-state index contributed by atoms with van der Waals surface area (Å²) in [6.45, 7) is 1.93. The van der Waals surface area contributed by atoms with Crippen LogP contribution in [0, 0.1) is 6.92 Å². The minimum Gasteiger partial charge on any atom is -0.359 e. The summed E-state index contributed by atoms with van der Waals surface area (Å²) < 4.78 is 46.5. The largest absolute Gasteiger partial charge is 0.471 e. The van der Waals surface area contributed by atoms with Gasteiger partial charge in [0.2, 0.25) is 5.82 Å². The quantitative estimate of drug-likeness (QED) is 0.776. The molecule has 0 aliphatic rings. The Morgan fingerprint density at radius 1 is 1.16 bits per heavy atom. The van der Waals surface area contributed by atoms with Crippen LogP contribution in [0.1, 0.15) is 27.7 Å². The molecule has 25 heavy (non-hydrogen) atoms. The number of aryl methyl sites for hydroxylation is 1. The summed E-state index contributed by atoms with van der Waals surface area (Å²) in [5.41, 5.74) is 1.31. The summed E-state index contributed by atoms with van der Waals surface area (Å²) in [7, 11) is 0. The van der Waals surface area contributed by atoms with E-state index in [4.69, 9.17) is 4.52 Å². The van der Waals surface area contributed by atoms with Crippen LogP contribution in [0.5, 0.6) is 0 Å². The molecule has 1 N–H and O–H groups in total. The van der Waals surface area contributed by atoms with Crippen molar-refractivity contribution in [2.24, 2.45) is 0 Å². The number of nitrogens with zero attached hydrogens (tertiary/aromatic N) is 3. The fourth-order valence-corrected chi connectivity index (χ4v) is 2.00. The van der Waals surface area contributed by atoms with Crippen molar-refractivity contribution in [3.05, 3.63) is 53.2 Å². The summed E-state index contributed by atoms with van der Waals surface area (Å²) in [5, 5.41) is 9.62. The molecule has 0 radical (unpaired) electrons. The van der Waals surface area contributed by atoms with Crippen LogP contribution in [-0.4, -0.2) is 21.2 Å². The number of hydrogen-bond acceptors (Lipinski definition) is 6. The number of hydrogen-bond donors (Lipinski definition) is 1. The van der Waals surface area contributed by atoms with Gasteiger partial charge in [0.25, 0.3) is 5.91 Å². The molecule has 7 nitrogen and oxygen atoms in total. The lowest BCUT2D eigenvalue weighted by molar-refractivity contribution is -0.159. The minimum atomic E-state index is -4.70. The molecular formula is C15H11F3N4O3. The molecule has 1 aromatic carbocycles. The first-order valence-electron chi connectivity index (χ1n) is 7.04. The van der Waals surface area contributed by atoms with Crippen molar-refractivity contribution in [1.82, 2.24) is 20.6 Å². The van der Waals surface area contributed by atoms with Gasteiger partial charge in [0.15, 0.2) is 5.76 Å². The average Bonchev–Trinajstić information content (AvgIpc) is 3.21. The van der Waals surface area contributed by atoms with Crippen LogP contribution < -0.4 is 5.32 Å². The number of carbonyl (C=O) groups excluding carboxylic acids is 1. The van der Waals surface area contributed by atoms with E-state index in [0.29, 0.717) is 22.6 Å². The molecule has 0 unspecified atom stereocenters. The highest BCUT2D eigenvalue weighted by Crippen LogP contribution is 2.29. The predicted octanol–water partition coefficient (Wildman–Crippen LogP) is 2.98. The van der Waals surface area contributed by atoms with Crippen LogP contribution in [0.15, 0.2) is 39.4 Å². The summed E-state index contributed by atoms with van der Waals surface area (Å²) >= 11 is 0. The van der Waals surface area contributed by atoms with Gasteiger partial charge < -0.3 is 14.4 Å². The maximum Gasteiger partial charge on any atom is 0.471 e. The molecule has 130 valence electrons. The summed E-state index contributed by atoms with van der Waals surface area (Å²) in [6.07, 6.45) is -4.70. The van der Waals surface area contributed by atoms with Crippen molar-refractivity contribution < 1.29 is 27.0 Å². The van der Waals surface area contributed by atoms with Gasteiger partial charge in [-0.2, -0.15) is 18.2 Å². The second-order valence-corrected chi connectivity index (χ2v) is 5.12. The molecular weight excluding hydrogens is 341 g/mol. The zero-order valence-corrected chi connectivity index (χ0v) is 12.8. The summed E-state index contributed by atoms with van der Waals surface area (Å²) in [4.78, 5) is 15.3. The highest BCUT2D eigenvalue weighted by atomic mass is 19.4. The lowest BCUT2D eigenvalue weighted by Crippen LogP contribution is -2.22. The fraction of sp³-hybridized carbons (Fsp3) is 0.200. The SMILES string of the molecule is Cc1cc(CNC(=O)c2ccc(-c3noc(C(F)(F)F)n3)cc2)on1. The standard InChI is InChI=1S/C15H11F3N4O3/c1-8-6-11(24-21-8)7-19-13(23)10-4-2-9(3-5-10)12-20-14(25-22-12)15(16,17)18/h2-6H,7H2,1H3,(H,19,23). The molecule has 0 aliphatic carbocycles. The topological polar surface area (TPSA) is 94.1 Å². The van der Waals surface area contributed by atoms with E-state index in [1.807, 2.05) is 0 Å². The number of rotatable bonds is 4. The molecule has 0 saturated carbocycles. The highest BCUT2D eigenvalue weighted by Gasteiger charge is 2.38. The van der Waals surface area contributed by atoms with E-state index < -0.39 is 12.1 Å². The number of nitrogens with one attached hydrogen (secondary N) is 1. The molecule has 10 heteroatoms. The lowest BCUT2D eigenvalue weighted by Gasteiger charge is -2.03. The molecule has 2 aromatic heterocycles. The summed E-state index contributed by atoms with van der Waals surface area (Å²) in [5.74, 6) is -1.50. The first kappa shape index (κ1) is 16.7. The fourth-order valence-electron chi connectivity index (χ4n) is 2.00. The third kappa shape index (κ3) is 3.84. The Bertz CT molecular complexity index is 884. The Balaban J connectivity index is 1.67. The van der Waals surface area contributed by atoms with Crippen molar-refractivity contribution >= 4 is 5.91 Å². The minimum absolute atomic E-state index is 0.168. The molecule has 1 amide bonds. The molecule has 0 fully saturated rings. The van der Waals surface area contributed by atoms with Crippen LogP contribution in [0.25, 0.3) is 11.4 Å². The van der Waals surface area contributed by atoms with Crippen LogP contribution in [0.3, 0.4) is 0 Å². The predicted molar refractivity (Wildman–Crippen MR) is 77.1 cm³/mol. The molecule has 0 spiro atoms. The highest BCUT2D eigenvalue weighted by molar-refractivity contribution is 5.94. The van der Waals surface area contributed by atoms with E-state index >= 15 is 0 Å². The number of carbonyl (C=O) groups is 1. The van der Waals surface area contributed by atoms with Crippen molar-refractivity contribution in [1.29, 1.82) is 0 Å². The third-order valence-electron chi connectivity index (χ3n) is 3.17.